The molecule has 0 saturated carbocycles. The molecule has 0 heterocycles. The Bertz CT molecular complexity index is 2760. The molecule has 18 heteroatoms. The van der Waals surface area contributed by atoms with Gasteiger partial charge in [-0.1, -0.05) is 324 Å². The van der Waals surface area contributed by atoms with Gasteiger partial charge in [0.05, 0.1) is 26.4 Å². The number of aliphatic hydroxyl groups excluding tert-OH is 2. The molecular formula is C91H148O16P2. The highest BCUT2D eigenvalue weighted by Crippen LogP contribution is 2.45. The van der Waals surface area contributed by atoms with Crippen molar-refractivity contribution in [3.8, 4) is 0 Å². The number of carbonyl (C=O) groups is 3. The van der Waals surface area contributed by atoms with Crippen LogP contribution in [0.4, 0.5) is 0 Å². The lowest BCUT2D eigenvalue weighted by Gasteiger charge is -2.21. The van der Waals surface area contributed by atoms with Crippen molar-refractivity contribution in [2.75, 3.05) is 39.6 Å². The average Bonchev–Trinajstić information content (AvgIpc) is 0.912. The minimum atomic E-state index is -4.96. The number of hydrogen-bond acceptors (Lipinski definition) is 14. The van der Waals surface area contributed by atoms with Gasteiger partial charge >= 0.3 is 33.6 Å². The summed E-state index contributed by atoms with van der Waals surface area (Å²) in [6, 6.07) is 0. The van der Waals surface area contributed by atoms with Crippen LogP contribution in [0.25, 0.3) is 0 Å². The Morgan fingerprint density at radius 1 is 0.257 bits per heavy atom. The molecular weight excluding hydrogens is 1410 g/mol. The molecule has 0 aromatic carbocycles. The van der Waals surface area contributed by atoms with Gasteiger partial charge in [0.25, 0.3) is 0 Å². The normalized spacial score (nSPS) is 14.9. The Labute approximate surface area is 661 Å². The first-order valence-corrected chi connectivity index (χ1v) is 44.7. The van der Waals surface area contributed by atoms with Gasteiger partial charge < -0.3 is 34.2 Å². The average molecular weight is 1560 g/mol. The van der Waals surface area contributed by atoms with Gasteiger partial charge in [0.15, 0.2) is 6.10 Å². The van der Waals surface area contributed by atoms with Crippen molar-refractivity contribution in [1.82, 2.24) is 0 Å². The first kappa shape index (κ1) is 103. The first-order chi connectivity index (χ1) is 53.2. The van der Waals surface area contributed by atoms with Crippen molar-refractivity contribution in [2.45, 2.75) is 322 Å². The van der Waals surface area contributed by atoms with Gasteiger partial charge in [0, 0.05) is 19.3 Å². The van der Waals surface area contributed by atoms with E-state index >= 15 is 0 Å². The molecule has 5 atom stereocenters. The van der Waals surface area contributed by atoms with Crippen molar-refractivity contribution in [3.63, 3.8) is 0 Å². The van der Waals surface area contributed by atoms with E-state index in [0.29, 0.717) is 25.7 Å². The van der Waals surface area contributed by atoms with E-state index in [9.17, 15) is 43.5 Å². The number of ether oxygens (including phenoxy) is 3. The molecule has 0 radical (unpaired) electrons. The maximum atomic E-state index is 13.0. The van der Waals surface area contributed by atoms with Crippen molar-refractivity contribution in [3.05, 3.63) is 194 Å². The highest BCUT2D eigenvalue weighted by molar-refractivity contribution is 7.47. The number of carbonyl (C=O) groups excluding carboxylic acids is 3. The van der Waals surface area contributed by atoms with E-state index in [0.717, 1.165) is 154 Å². The molecule has 109 heavy (non-hydrogen) atoms. The Balaban J connectivity index is 4.52. The van der Waals surface area contributed by atoms with Crippen LogP contribution in [-0.4, -0.2) is 95.9 Å². The van der Waals surface area contributed by atoms with Crippen molar-refractivity contribution < 1.29 is 75.8 Å². The van der Waals surface area contributed by atoms with E-state index in [1.54, 1.807) is 0 Å². The lowest BCUT2D eigenvalue weighted by Crippen LogP contribution is -2.30. The molecule has 0 fully saturated rings. The molecule has 4 N–H and O–H groups in total. The van der Waals surface area contributed by atoms with Crippen LogP contribution in [-0.2, 0) is 55.8 Å². The van der Waals surface area contributed by atoms with Crippen LogP contribution in [0.2, 0.25) is 0 Å². The molecule has 0 aromatic heterocycles. The topological polar surface area (TPSA) is 231 Å². The van der Waals surface area contributed by atoms with Gasteiger partial charge in [-0.05, 0) is 154 Å². The molecule has 16 nitrogen and oxygen atoms in total. The zero-order valence-corrected chi connectivity index (χ0v) is 69.4. The number of phosphoric acid groups is 2. The Hall–Kier alpha value is -5.61. The lowest BCUT2D eigenvalue weighted by molar-refractivity contribution is -0.161. The lowest BCUT2D eigenvalue weighted by atomic mass is 10.0. The van der Waals surface area contributed by atoms with Gasteiger partial charge in [-0.3, -0.25) is 32.5 Å². The van der Waals surface area contributed by atoms with E-state index in [1.807, 2.05) is 12.2 Å². The number of unbranched alkanes of at least 4 members (excludes halogenated alkanes) is 22. The molecule has 5 unspecified atom stereocenters. The molecule has 0 aromatic rings. The number of aliphatic hydroxyl groups is 2. The fraction of sp³-hybridized carbons (Fsp3) is 0.615. The number of allylic oxidation sites excluding steroid dienone is 32. The fourth-order valence-corrected chi connectivity index (χ4v) is 12.2. The van der Waals surface area contributed by atoms with Gasteiger partial charge in [-0.15, -0.1) is 0 Å². The van der Waals surface area contributed by atoms with Gasteiger partial charge in [0.2, 0.25) is 0 Å². The molecule has 0 aliphatic rings. The summed E-state index contributed by atoms with van der Waals surface area (Å²) < 4.78 is 61.1. The Morgan fingerprint density at radius 2 is 0.468 bits per heavy atom. The van der Waals surface area contributed by atoms with Crippen LogP contribution >= 0.6 is 15.6 Å². The summed E-state index contributed by atoms with van der Waals surface area (Å²) in [6.07, 6.45) is 108. The summed E-state index contributed by atoms with van der Waals surface area (Å²) in [6.45, 7) is 2.24. The molecule has 0 bridgehead atoms. The monoisotopic (exact) mass is 1560 g/mol. The highest BCUT2D eigenvalue weighted by atomic mass is 31.2. The second kappa shape index (κ2) is 81.9. The maximum Gasteiger partial charge on any atom is 0.472 e. The van der Waals surface area contributed by atoms with Crippen LogP contribution in [0.1, 0.15) is 303 Å². The second-order valence-electron chi connectivity index (χ2n) is 27.1. The predicted molar refractivity (Wildman–Crippen MR) is 454 cm³/mol. The SMILES string of the molecule is CC/C=C\C/C=C\C/C=C\C/C=C\C/C=C\C/C=C\CCCCCCCCCCCCCCCCCCC(=O)OCC(O)COP(=O)(O)OCC(O)COP(=O)(O)OCC(COC(=O)CCCCCCC/C=C\C/C=C\C/C=C\C/C=C\C/C=C\CC)OC(=O)CCC/C=C\C/C=C\C/C=C\C/C=C\C/C=C\CC. The number of hydrogen-bond donors (Lipinski definition) is 4. The molecule has 0 amide bonds. The van der Waals surface area contributed by atoms with Crippen LogP contribution in [0, 0.1) is 0 Å². The van der Waals surface area contributed by atoms with E-state index in [2.05, 4.69) is 203 Å². The summed E-state index contributed by atoms with van der Waals surface area (Å²) in [5.74, 6) is -1.67. The van der Waals surface area contributed by atoms with E-state index in [4.69, 9.17) is 32.3 Å². The van der Waals surface area contributed by atoms with E-state index in [-0.39, 0.29) is 19.3 Å². The minimum Gasteiger partial charge on any atom is -0.463 e. The van der Waals surface area contributed by atoms with Crippen molar-refractivity contribution >= 4 is 33.6 Å². The Morgan fingerprint density at radius 3 is 0.752 bits per heavy atom. The van der Waals surface area contributed by atoms with E-state index < -0.39 is 91.5 Å². The number of rotatable bonds is 77. The van der Waals surface area contributed by atoms with E-state index in [1.165, 1.54) is 83.5 Å². The second-order valence-corrected chi connectivity index (χ2v) is 30.0. The minimum absolute atomic E-state index is 0.0149. The first-order valence-electron chi connectivity index (χ1n) is 41.7. The Kier molecular flexibility index (Phi) is 77.7. The largest absolute Gasteiger partial charge is 0.472 e. The third-order valence-electron chi connectivity index (χ3n) is 16.8. The van der Waals surface area contributed by atoms with Crippen LogP contribution < -0.4 is 0 Å². The molecule has 0 spiro atoms. The van der Waals surface area contributed by atoms with Gasteiger partial charge in [0.1, 0.15) is 25.4 Å². The zero-order chi connectivity index (χ0) is 79.4. The number of esters is 3. The summed E-state index contributed by atoms with van der Waals surface area (Å²) >= 11 is 0. The summed E-state index contributed by atoms with van der Waals surface area (Å²) in [5, 5.41) is 20.7. The summed E-state index contributed by atoms with van der Waals surface area (Å²) in [5.41, 5.74) is 0. The third kappa shape index (κ3) is 83.2. The van der Waals surface area contributed by atoms with Gasteiger partial charge in [-0.25, -0.2) is 9.13 Å². The molecule has 0 aliphatic heterocycles. The fourth-order valence-electron chi connectivity index (χ4n) is 10.6. The smallest absolute Gasteiger partial charge is 0.463 e. The standard InChI is InChI=1S/C91H148O16P2/c1-4-7-10-13-16-19-22-25-28-31-33-35-36-37-38-39-40-41-42-43-44-45-46-47-48-50-52-54-56-59-62-65-68-71-74-77-89(94)101-80-86(92)81-103-108(97,98)104-82-87(93)83-105-109(99,100)106-85-88(107-91(96)79-76-73-70-67-64-61-58-53-30-27-24-21-18-15-12-9-6-3)84-102-90(95)78-75-72-69-66-63-60-57-55-51-49-34-32-29-26-23-20-17-14-11-8-5-2/h7-12,16-21,25-30,33-35,37-38,40-41,49,55,57-58,61,67,70,86-88,92-93H,4-6,13-15,22-24,31-32,36,39,42-48,50-54,56,59-60,62-66,68-69,71-85H2,1-3H3,(H,97,98)(H,99,100)/b10-7-,11-8-,12-9-,19-16-,20-17-,21-18-,28-25-,29-26-,30-27-,35-33-,38-37-,41-40-,49-34-,57-55-,61-58-,70-67-. The molecule has 0 aliphatic carbocycles. The summed E-state index contributed by atoms with van der Waals surface area (Å²) in [4.78, 5) is 58.7. The molecule has 618 valence electrons. The van der Waals surface area contributed by atoms with Crippen LogP contribution in [0.5, 0.6) is 0 Å². The van der Waals surface area contributed by atoms with Crippen molar-refractivity contribution in [2.24, 2.45) is 0 Å². The van der Waals surface area contributed by atoms with Crippen molar-refractivity contribution in [1.29, 1.82) is 0 Å². The molecule has 0 saturated heterocycles. The third-order valence-corrected chi connectivity index (χ3v) is 18.7. The summed E-state index contributed by atoms with van der Waals surface area (Å²) in [7, 11) is -9.83. The zero-order valence-electron chi connectivity index (χ0n) is 67.6. The predicted octanol–water partition coefficient (Wildman–Crippen LogP) is 25.1. The quantitative estimate of drug-likeness (QED) is 0.0146. The van der Waals surface area contributed by atoms with Gasteiger partial charge in [-0.2, -0.15) is 0 Å². The highest BCUT2D eigenvalue weighted by Gasteiger charge is 2.29. The number of phosphoric ester groups is 2. The van der Waals surface area contributed by atoms with Crippen LogP contribution in [0.3, 0.4) is 0 Å². The van der Waals surface area contributed by atoms with Crippen LogP contribution in [0.15, 0.2) is 194 Å². The molecule has 0 rings (SSSR count). The maximum absolute atomic E-state index is 13.0.